The summed E-state index contributed by atoms with van der Waals surface area (Å²) in [5.74, 6) is -1.20. The second kappa shape index (κ2) is 4.96. The lowest BCUT2D eigenvalue weighted by molar-refractivity contribution is -0.139. The molecule has 0 radical (unpaired) electrons. The number of amides is 1. The first-order valence-corrected chi connectivity index (χ1v) is 5.19. The van der Waals surface area contributed by atoms with E-state index in [0.29, 0.717) is 13.2 Å². The molecule has 1 atom stereocenters. The summed E-state index contributed by atoms with van der Waals surface area (Å²) in [5, 5.41) is 12.2. The Morgan fingerprint density at radius 2 is 2.41 bits per heavy atom. The summed E-state index contributed by atoms with van der Waals surface area (Å²) in [6, 6.07) is 0.995. The van der Waals surface area contributed by atoms with E-state index < -0.39 is 12.0 Å². The number of hydrogen-bond acceptors (Lipinski definition) is 5. The summed E-state index contributed by atoms with van der Waals surface area (Å²) in [6.07, 6.45) is 1.24. The van der Waals surface area contributed by atoms with Gasteiger partial charge in [-0.15, -0.1) is 0 Å². The minimum Gasteiger partial charge on any atom is -0.481 e. The Kier molecular flexibility index (Phi) is 3.38. The Bertz CT molecular complexity index is 403. The topological polar surface area (TPSA) is 92.9 Å². The molecule has 0 bridgehead atoms. The van der Waals surface area contributed by atoms with Crippen molar-refractivity contribution in [1.29, 1.82) is 0 Å². The smallest absolute Gasteiger partial charge is 0.305 e. The zero-order chi connectivity index (χ0) is 12.3. The largest absolute Gasteiger partial charge is 0.481 e. The Labute approximate surface area is 96.9 Å². The molecule has 7 nitrogen and oxygen atoms in total. The number of nitrogens with zero attached hydrogens (tertiary/aromatic N) is 2. The van der Waals surface area contributed by atoms with E-state index in [9.17, 15) is 9.59 Å². The maximum Gasteiger partial charge on any atom is 0.305 e. The van der Waals surface area contributed by atoms with Crippen LogP contribution in [0.5, 0.6) is 0 Å². The Morgan fingerprint density at radius 3 is 3.06 bits per heavy atom. The number of ether oxygens (including phenoxy) is 1. The number of carbonyl (C=O) groups is 2. The van der Waals surface area contributed by atoms with Gasteiger partial charge in [0.2, 0.25) is 5.76 Å². The van der Waals surface area contributed by atoms with Gasteiger partial charge in [-0.1, -0.05) is 5.16 Å². The summed E-state index contributed by atoms with van der Waals surface area (Å²) in [4.78, 5) is 24.1. The van der Waals surface area contributed by atoms with Crippen molar-refractivity contribution in [2.45, 2.75) is 12.5 Å². The lowest BCUT2D eigenvalue weighted by Crippen LogP contribution is -2.49. The molecular weight excluding hydrogens is 228 g/mol. The third-order valence-electron chi connectivity index (χ3n) is 2.55. The van der Waals surface area contributed by atoms with Crippen molar-refractivity contribution < 1.29 is 24.0 Å². The first-order chi connectivity index (χ1) is 8.18. The minimum atomic E-state index is -0.962. The highest BCUT2D eigenvalue weighted by Gasteiger charge is 2.31. The van der Waals surface area contributed by atoms with Gasteiger partial charge in [0.15, 0.2) is 0 Å². The molecule has 2 rings (SSSR count). The maximum atomic E-state index is 12.0. The van der Waals surface area contributed by atoms with Gasteiger partial charge in [0.25, 0.3) is 5.91 Å². The number of morpholine rings is 1. The second-order valence-electron chi connectivity index (χ2n) is 3.70. The summed E-state index contributed by atoms with van der Waals surface area (Å²) in [7, 11) is 0. The van der Waals surface area contributed by atoms with Crippen molar-refractivity contribution >= 4 is 11.9 Å². The molecule has 1 fully saturated rings. The molecule has 0 spiro atoms. The van der Waals surface area contributed by atoms with Crippen LogP contribution in [0, 0.1) is 0 Å². The first kappa shape index (κ1) is 11.6. The summed E-state index contributed by atoms with van der Waals surface area (Å²) >= 11 is 0. The zero-order valence-electron chi connectivity index (χ0n) is 9.04. The van der Waals surface area contributed by atoms with Crippen LogP contribution in [0.4, 0.5) is 0 Å². The number of aromatic nitrogens is 1. The molecule has 0 saturated carbocycles. The van der Waals surface area contributed by atoms with E-state index in [1.807, 2.05) is 0 Å². The average Bonchev–Trinajstić information content (AvgIpc) is 2.81. The molecule has 1 N–H and O–H groups in total. The summed E-state index contributed by atoms with van der Waals surface area (Å²) in [6.45, 7) is 0.986. The van der Waals surface area contributed by atoms with Crippen molar-refractivity contribution in [3.05, 3.63) is 18.0 Å². The number of hydrogen-bond donors (Lipinski definition) is 1. The first-order valence-electron chi connectivity index (χ1n) is 5.19. The van der Waals surface area contributed by atoms with E-state index in [1.54, 1.807) is 0 Å². The van der Waals surface area contributed by atoms with Gasteiger partial charge in [-0.25, -0.2) is 0 Å². The predicted octanol–water partition coefficient (Wildman–Crippen LogP) is -0.00970. The molecule has 1 unspecified atom stereocenters. The standard InChI is InChI=1S/C10H12N2O5/c13-9(14)5-7-6-16-4-3-12(7)10(15)8-1-2-11-17-8/h1-2,7H,3-6H2,(H,13,14). The third-order valence-corrected chi connectivity index (χ3v) is 2.55. The highest BCUT2D eigenvalue weighted by atomic mass is 16.5. The van der Waals surface area contributed by atoms with Crippen LogP contribution in [-0.2, 0) is 9.53 Å². The minimum absolute atomic E-state index is 0.113. The van der Waals surface area contributed by atoms with E-state index in [0.717, 1.165) is 0 Å². The fourth-order valence-electron chi connectivity index (χ4n) is 1.76. The fraction of sp³-hybridized carbons (Fsp3) is 0.500. The van der Waals surface area contributed by atoms with Gasteiger partial charge in [-0.2, -0.15) is 0 Å². The van der Waals surface area contributed by atoms with Crippen molar-refractivity contribution in [3.8, 4) is 0 Å². The lowest BCUT2D eigenvalue weighted by atomic mass is 10.1. The Hall–Kier alpha value is -1.89. The predicted molar refractivity (Wildman–Crippen MR) is 54.4 cm³/mol. The molecule has 1 aliphatic rings. The number of carboxylic acids is 1. The zero-order valence-corrected chi connectivity index (χ0v) is 9.04. The van der Waals surface area contributed by atoms with Crippen LogP contribution in [0.25, 0.3) is 0 Å². The number of carbonyl (C=O) groups excluding carboxylic acids is 1. The van der Waals surface area contributed by atoms with Crippen LogP contribution in [0.15, 0.2) is 16.8 Å². The normalized spacial score (nSPS) is 20.2. The third kappa shape index (κ3) is 2.62. The molecule has 2 heterocycles. The molecule has 17 heavy (non-hydrogen) atoms. The Morgan fingerprint density at radius 1 is 1.59 bits per heavy atom. The van der Waals surface area contributed by atoms with Gasteiger partial charge < -0.3 is 19.3 Å². The number of rotatable bonds is 3. The van der Waals surface area contributed by atoms with E-state index in [2.05, 4.69) is 5.16 Å². The maximum absolute atomic E-state index is 12.0. The van der Waals surface area contributed by atoms with Gasteiger partial charge in [0.05, 0.1) is 31.9 Å². The molecule has 1 aromatic heterocycles. The molecule has 1 amide bonds. The van der Waals surface area contributed by atoms with Crippen LogP contribution in [0.2, 0.25) is 0 Å². The van der Waals surface area contributed by atoms with E-state index in [1.165, 1.54) is 17.2 Å². The van der Waals surface area contributed by atoms with Crippen LogP contribution in [0.1, 0.15) is 17.0 Å². The summed E-state index contributed by atoms with van der Waals surface area (Å²) in [5.41, 5.74) is 0. The summed E-state index contributed by atoms with van der Waals surface area (Å²) < 4.78 is 9.95. The molecule has 1 aromatic rings. The fourth-order valence-corrected chi connectivity index (χ4v) is 1.76. The highest BCUT2D eigenvalue weighted by Crippen LogP contribution is 2.14. The average molecular weight is 240 g/mol. The quantitative estimate of drug-likeness (QED) is 0.798. The van der Waals surface area contributed by atoms with Crippen LogP contribution >= 0.6 is 0 Å². The van der Waals surface area contributed by atoms with Gasteiger partial charge in [-0.05, 0) is 0 Å². The van der Waals surface area contributed by atoms with Crippen molar-refractivity contribution in [1.82, 2.24) is 10.1 Å². The van der Waals surface area contributed by atoms with Crippen LogP contribution < -0.4 is 0 Å². The van der Waals surface area contributed by atoms with Crippen molar-refractivity contribution in [2.24, 2.45) is 0 Å². The van der Waals surface area contributed by atoms with Gasteiger partial charge in [0.1, 0.15) is 0 Å². The van der Waals surface area contributed by atoms with E-state index in [4.69, 9.17) is 14.4 Å². The molecule has 92 valence electrons. The molecule has 0 aromatic carbocycles. The second-order valence-corrected chi connectivity index (χ2v) is 3.70. The van der Waals surface area contributed by atoms with Gasteiger partial charge >= 0.3 is 5.97 Å². The SMILES string of the molecule is O=C(O)CC1COCCN1C(=O)c1ccno1. The molecule has 1 saturated heterocycles. The number of carboxylic acid groups (broad SMARTS) is 1. The Balaban J connectivity index is 2.10. The molecular formula is C10H12N2O5. The van der Waals surface area contributed by atoms with Crippen LogP contribution in [-0.4, -0.2) is 52.8 Å². The van der Waals surface area contributed by atoms with Crippen molar-refractivity contribution in [2.75, 3.05) is 19.8 Å². The number of aliphatic carboxylic acids is 1. The molecule has 7 heteroatoms. The molecule has 0 aliphatic carbocycles. The van der Waals surface area contributed by atoms with Gasteiger partial charge in [0, 0.05) is 12.6 Å². The van der Waals surface area contributed by atoms with E-state index in [-0.39, 0.29) is 24.7 Å². The van der Waals surface area contributed by atoms with Crippen molar-refractivity contribution in [3.63, 3.8) is 0 Å². The molecule has 1 aliphatic heterocycles. The van der Waals surface area contributed by atoms with E-state index >= 15 is 0 Å². The highest BCUT2D eigenvalue weighted by molar-refractivity contribution is 5.91. The monoisotopic (exact) mass is 240 g/mol. The lowest BCUT2D eigenvalue weighted by Gasteiger charge is -2.34. The van der Waals surface area contributed by atoms with Crippen LogP contribution in [0.3, 0.4) is 0 Å². The van der Waals surface area contributed by atoms with Gasteiger partial charge in [-0.3, -0.25) is 9.59 Å².